The lowest BCUT2D eigenvalue weighted by Gasteiger charge is -2.21. The third-order valence-electron chi connectivity index (χ3n) is 5.08. The second-order valence-electron chi connectivity index (χ2n) is 7.04. The highest BCUT2D eigenvalue weighted by Gasteiger charge is 2.26. The fourth-order valence-corrected chi connectivity index (χ4v) is 5.03. The van der Waals surface area contributed by atoms with E-state index in [9.17, 15) is 10.1 Å². The van der Waals surface area contributed by atoms with Gasteiger partial charge in [-0.15, -0.1) is 0 Å². The Morgan fingerprint density at radius 3 is 2.48 bits per heavy atom. The number of Topliss-reactive ketones (excluding diaryl/α,β-unsaturated/α-hetero) is 1. The van der Waals surface area contributed by atoms with Gasteiger partial charge in [0.05, 0.1) is 16.5 Å². The molecule has 0 radical (unpaired) electrons. The van der Waals surface area contributed by atoms with Crippen molar-refractivity contribution in [2.45, 2.75) is 36.0 Å². The minimum absolute atomic E-state index is 0.118. The van der Waals surface area contributed by atoms with Crippen LogP contribution in [0.4, 0.5) is 0 Å². The van der Waals surface area contributed by atoms with Crippen LogP contribution in [-0.4, -0.2) is 16.0 Å². The molecule has 0 aliphatic heterocycles. The molecular weight excluding hydrogens is 444 g/mol. The van der Waals surface area contributed by atoms with Gasteiger partial charge in [-0.3, -0.25) is 4.79 Å². The molecule has 1 saturated carbocycles. The summed E-state index contributed by atoms with van der Waals surface area (Å²) in [4.78, 5) is 17.2. The van der Waals surface area contributed by atoms with Crippen molar-refractivity contribution in [2.24, 2.45) is 0 Å². The van der Waals surface area contributed by atoms with Crippen LogP contribution in [0.5, 0.6) is 0 Å². The van der Waals surface area contributed by atoms with Gasteiger partial charge in [0, 0.05) is 22.0 Å². The highest BCUT2D eigenvalue weighted by atomic mass is 79.9. The fourth-order valence-electron chi connectivity index (χ4n) is 3.54. The molecule has 29 heavy (non-hydrogen) atoms. The Balaban J connectivity index is 1.85. The van der Waals surface area contributed by atoms with Crippen LogP contribution in [0.3, 0.4) is 0 Å². The summed E-state index contributed by atoms with van der Waals surface area (Å²) < 4.78 is 1.00. The van der Waals surface area contributed by atoms with Gasteiger partial charge in [-0.25, -0.2) is 4.98 Å². The molecule has 2 aromatic carbocycles. The van der Waals surface area contributed by atoms with Crippen molar-refractivity contribution in [1.29, 1.82) is 5.26 Å². The number of nitriles is 1. The highest BCUT2D eigenvalue weighted by molar-refractivity contribution is 9.10. The second-order valence-corrected chi connectivity index (χ2v) is 9.15. The molecule has 3 nitrogen and oxygen atoms in total. The zero-order chi connectivity index (χ0) is 20.2. The number of benzene rings is 2. The van der Waals surface area contributed by atoms with Crippen molar-refractivity contribution >= 4 is 33.5 Å². The van der Waals surface area contributed by atoms with Gasteiger partial charge in [-0.1, -0.05) is 76.6 Å². The Morgan fingerprint density at radius 1 is 1.03 bits per heavy atom. The molecule has 0 saturated heterocycles. The second kappa shape index (κ2) is 8.94. The van der Waals surface area contributed by atoms with Crippen molar-refractivity contribution in [1.82, 2.24) is 4.98 Å². The molecule has 4 rings (SSSR count). The maximum absolute atomic E-state index is 12.4. The Bertz CT molecular complexity index is 1070. The van der Waals surface area contributed by atoms with Crippen molar-refractivity contribution in [3.63, 3.8) is 0 Å². The van der Waals surface area contributed by atoms with Crippen molar-refractivity contribution in [3.05, 3.63) is 70.7 Å². The molecule has 1 aromatic heterocycles. The maximum Gasteiger partial charge on any atom is 0.146 e. The lowest BCUT2D eigenvalue weighted by molar-refractivity contribution is -0.119. The Labute approximate surface area is 183 Å². The van der Waals surface area contributed by atoms with Gasteiger partial charge in [-0.2, -0.15) is 5.26 Å². The first kappa shape index (κ1) is 19.9. The number of ketones is 1. The number of thioether (sulfide) groups is 1. The minimum atomic E-state index is -0.118. The zero-order valence-corrected chi connectivity index (χ0v) is 18.2. The molecule has 3 aromatic rings. The van der Waals surface area contributed by atoms with Crippen molar-refractivity contribution in [2.75, 3.05) is 0 Å². The molecule has 144 valence electrons. The Morgan fingerprint density at radius 2 is 1.79 bits per heavy atom. The molecule has 5 heteroatoms. The number of hydrogen-bond donors (Lipinski definition) is 0. The first-order valence-electron chi connectivity index (χ1n) is 9.61. The molecule has 0 spiro atoms. The smallest absolute Gasteiger partial charge is 0.146 e. The molecule has 1 unspecified atom stereocenters. The molecule has 1 fully saturated rings. The van der Waals surface area contributed by atoms with Crippen molar-refractivity contribution < 1.29 is 4.79 Å². The maximum atomic E-state index is 12.4. The number of rotatable bonds is 4. The van der Waals surface area contributed by atoms with E-state index < -0.39 is 0 Å². The van der Waals surface area contributed by atoms with Gasteiger partial charge in [0.1, 0.15) is 16.9 Å². The number of carbonyl (C=O) groups excluding carboxylic acids is 1. The third kappa shape index (κ3) is 4.44. The number of pyridine rings is 1. The number of nitrogens with zero attached hydrogens (tertiary/aromatic N) is 2. The van der Waals surface area contributed by atoms with E-state index in [0.717, 1.165) is 46.1 Å². The molecule has 0 amide bonds. The highest BCUT2D eigenvalue weighted by Crippen LogP contribution is 2.38. The number of aromatic nitrogens is 1. The molecule has 1 atom stereocenters. The van der Waals surface area contributed by atoms with Crippen LogP contribution >= 0.6 is 27.7 Å². The van der Waals surface area contributed by atoms with Crippen LogP contribution in [0.2, 0.25) is 0 Å². The predicted molar refractivity (Wildman–Crippen MR) is 121 cm³/mol. The quantitative estimate of drug-likeness (QED) is 0.435. The van der Waals surface area contributed by atoms with E-state index in [2.05, 4.69) is 22.0 Å². The summed E-state index contributed by atoms with van der Waals surface area (Å²) in [6, 6.07) is 22.2. The first-order chi connectivity index (χ1) is 14.2. The predicted octanol–water partition coefficient (Wildman–Crippen LogP) is 6.65. The van der Waals surface area contributed by atoms with Gasteiger partial charge in [0.25, 0.3) is 0 Å². The molecule has 1 heterocycles. The first-order valence-corrected chi connectivity index (χ1v) is 11.3. The molecule has 0 N–H and O–H groups in total. The molecule has 0 bridgehead atoms. The normalized spacial score (nSPS) is 16.4. The van der Waals surface area contributed by atoms with Crippen molar-refractivity contribution in [3.8, 4) is 28.5 Å². The van der Waals surface area contributed by atoms with E-state index >= 15 is 0 Å². The summed E-state index contributed by atoms with van der Waals surface area (Å²) in [7, 11) is 0. The topological polar surface area (TPSA) is 53.8 Å². The van der Waals surface area contributed by atoms with E-state index in [1.54, 1.807) is 0 Å². The van der Waals surface area contributed by atoms with Crippen LogP contribution < -0.4 is 0 Å². The van der Waals surface area contributed by atoms with Crippen LogP contribution in [-0.2, 0) is 4.79 Å². The summed E-state index contributed by atoms with van der Waals surface area (Å²) in [5.74, 6) is 0.266. The van der Waals surface area contributed by atoms with Gasteiger partial charge in [0.15, 0.2) is 0 Å². The van der Waals surface area contributed by atoms with Crippen LogP contribution in [0.1, 0.15) is 31.2 Å². The lowest BCUT2D eigenvalue weighted by atomic mass is 9.99. The third-order valence-corrected chi connectivity index (χ3v) is 6.91. The van der Waals surface area contributed by atoms with E-state index in [4.69, 9.17) is 4.98 Å². The molecule has 1 aliphatic carbocycles. The van der Waals surface area contributed by atoms with Crippen LogP contribution in [0.25, 0.3) is 22.4 Å². The fraction of sp³-hybridized carbons (Fsp3) is 0.208. The van der Waals surface area contributed by atoms with E-state index in [1.807, 2.05) is 60.7 Å². The molecule has 1 aliphatic rings. The Kier molecular flexibility index (Phi) is 6.13. The van der Waals surface area contributed by atoms with E-state index in [1.165, 1.54) is 11.8 Å². The molecular formula is C24H19BrN2OS. The average molecular weight is 463 g/mol. The van der Waals surface area contributed by atoms with Crippen LogP contribution in [0, 0.1) is 11.3 Å². The number of halogens is 1. The van der Waals surface area contributed by atoms with Gasteiger partial charge in [0.2, 0.25) is 0 Å². The minimum Gasteiger partial charge on any atom is -0.298 e. The van der Waals surface area contributed by atoms with E-state index in [0.29, 0.717) is 17.0 Å². The number of hydrogen-bond acceptors (Lipinski definition) is 4. The zero-order valence-electron chi connectivity index (χ0n) is 15.8. The monoisotopic (exact) mass is 462 g/mol. The summed E-state index contributed by atoms with van der Waals surface area (Å²) in [6.07, 6.45) is 3.47. The van der Waals surface area contributed by atoms with Crippen LogP contribution in [0.15, 0.2) is 70.2 Å². The summed E-state index contributed by atoms with van der Waals surface area (Å²) in [5.41, 5.74) is 4.15. The summed E-state index contributed by atoms with van der Waals surface area (Å²) in [5, 5.41) is 10.5. The standard InChI is InChI=1S/C24H19BrN2OS/c25-18-12-10-17(11-13-18)21-14-19(16-6-2-1-3-7-16)20(15-26)24(27-21)29-23-9-5-4-8-22(23)28/h1-3,6-7,10-14,23H,4-5,8-9H2. The lowest BCUT2D eigenvalue weighted by Crippen LogP contribution is -2.21. The largest absolute Gasteiger partial charge is 0.298 e. The van der Waals surface area contributed by atoms with Gasteiger partial charge in [-0.05, 0) is 36.6 Å². The summed E-state index contributed by atoms with van der Waals surface area (Å²) >= 11 is 4.93. The average Bonchev–Trinajstić information content (AvgIpc) is 2.76. The Hall–Kier alpha value is -2.42. The number of carbonyl (C=O) groups is 1. The van der Waals surface area contributed by atoms with E-state index in [-0.39, 0.29) is 11.0 Å². The SMILES string of the molecule is N#Cc1c(-c2ccccc2)cc(-c2ccc(Br)cc2)nc1SC1CCCCC1=O. The summed E-state index contributed by atoms with van der Waals surface area (Å²) in [6.45, 7) is 0. The van der Waals surface area contributed by atoms with Gasteiger partial charge < -0.3 is 0 Å². The van der Waals surface area contributed by atoms with Gasteiger partial charge >= 0.3 is 0 Å².